The van der Waals surface area contributed by atoms with E-state index in [0.717, 1.165) is 47.6 Å². The van der Waals surface area contributed by atoms with Crippen molar-refractivity contribution in [2.75, 3.05) is 6.61 Å². The third-order valence-corrected chi connectivity index (χ3v) is 7.52. The third-order valence-electron chi connectivity index (χ3n) is 7.52. The summed E-state index contributed by atoms with van der Waals surface area (Å²) in [6.07, 6.45) is 5.87. The van der Waals surface area contributed by atoms with Crippen molar-refractivity contribution in [3.8, 4) is 5.75 Å². The lowest BCUT2D eigenvalue weighted by atomic mass is 9.94. The molecule has 200 valence electrons. The first-order valence-electron chi connectivity index (χ1n) is 14.0. The maximum atomic E-state index is 13.9. The van der Waals surface area contributed by atoms with Crippen LogP contribution in [-0.2, 0) is 22.6 Å². The van der Waals surface area contributed by atoms with Gasteiger partial charge in [-0.3, -0.25) is 9.59 Å². The van der Waals surface area contributed by atoms with Gasteiger partial charge in [-0.1, -0.05) is 116 Å². The van der Waals surface area contributed by atoms with Gasteiger partial charge in [0.25, 0.3) is 5.91 Å². The van der Waals surface area contributed by atoms with Gasteiger partial charge < -0.3 is 15.0 Å². The molecule has 0 unspecified atom stereocenters. The average molecular weight is 521 g/mol. The number of hydrogen-bond donors (Lipinski definition) is 1. The molecule has 0 heterocycles. The van der Waals surface area contributed by atoms with E-state index in [1.165, 1.54) is 6.42 Å². The molecule has 1 fully saturated rings. The summed E-state index contributed by atoms with van der Waals surface area (Å²) < 4.78 is 6.11. The summed E-state index contributed by atoms with van der Waals surface area (Å²) in [6.45, 7) is 0.178. The number of nitrogens with zero attached hydrogens (tertiary/aromatic N) is 1. The van der Waals surface area contributed by atoms with Crippen LogP contribution in [0, 0.1) is 0 Å². The minimum Gasteiger partial charge on any atom is -0.483 e. The van der Waals surface area contributed by atoms with E-state index in [-0.39, 0.29) is 24.5 Å². The van der Waals surface area contributed by atoms with E-state index in [0.29, 0.717) is 18.7 Å². The normalized spacial score (nSPS) is 14.5. The summed E-state index contributed by atoms with van der Waals surface area (Å²) in [5, 5.41) is 5.29. The lowest BCUT2D eigenvalue weighted by Crippen LogP contribution is -2.53. The molecule has 0 saturated heterocycles. The zero-order valence-electron chi connectivity index (χ0n) is 22.3. The van der Waals surface area contributed by atoms with Crippen LogP contribution >= 0.6 is 0 Å². The van der Waals surface area contributed by atoms with E-state index in [1.807, 2.05) is 103 Å². The Bertz CT molecular complexity index is 1360. The summed E-state index contributed by atoms with van der Waals surface area (Å²) in [6, 6.07) is 33.1. The lowest BCUT2D eigenvalue weighted by Gasteiger charge is -2.33. The summed E-state index contributed by atoms with van der Waals surface area (Å²) in [7, 11) is 0. The van der Waals surface area contributed by atoms with Crippen LogP contribution in [0.1, 0.15) is 43.2 Å². The van der Waals surface area contributed by atoms with Crippen LogP contribution in [-0.4, -0.2) is 35.4 Å². The van der Waals surface area contributed by atoms with Crippen molar-refractivity contribution in [1.82, 2.24) is 10.2 Å². The van der Waals surface area contributed by atoms with Crippen LogP contribution in [0.4, 0.5) is 0 Å². The Morgan fingerprint density at radius 1 is 0.769 bits per heavy atom. The highest BCUT2D eigenvalue weighted by Gasteiger charge is 2.32. The Balaban J connectivity index is 1.42. The molecule has 1 aliphatic rings. The first-order valence-corrected chi connectivity index (χ1v) is 14.0. The van der Waals surface area contributed by atoms with Crippen LogP contribution in [0.2, 0.25) is 0 Å². The second kappa shape index (κ2) is 13.1. The topological polar surface area (TPSA) is 58.6 Å². The highest BCUT2D eigenvalue weighted by atomic mass is 16.5. The van der Waals surface area contributed by atoms with Crippen molar-refractivity contribution in [1.29, 1.82) is 0 Å². The fraction of sp³-hybridized carbons (Fsp3) is 0.294. The molecule has 4 aromatic rings. The predicted octanol–water partition coefficient (Wildman–Crippen LogP) is 6.31. The zero-order valence-corrected chi connectivity index (χ0v) is 22.3. The Labute approximate surface area is 230 Å². The SMILES string of the molecule is O=C(NC1CCCCC1)[C@@H](Cc1ccccc1)N(Cc1ccccc1)C(=O)COc1cccc2ccccc12. The van der Waals surface area contributed by atoms with Crippen LogP contribution in [0.15, 0.2) is 103 Å². The van der Waals surface area contributed by atoms with E-state index < -0.39 is 6.04 Å². The van der Waals surface area contributed by atoms with Gasteiger partial charge in [-0.15, -0.1) is 0 Å². The first-order chi connectivity index (χ1) is 19.2. The lowest BCUT2D eigenvalue weighted by molar-refractivity contribution is -0.143. The molecule has 1 saturated carbocycles. The maximum absolute atomic E-state index is 13.9. The Morgan fingerprint density at radius 2 is 1.41 bits per heavy atom. The number of carbonyl (C=O) groups is 2. The van der Waals surface area contributed by atoms with Gasteiger partial charge in [0.2, 0.25) is 5.91 Å². The number of carbonyl (C=O) groups excluding carboxylic acids is 2. The number of nitrogens with one attached hydrogen (secondary N) is 1. The second-order valence-electron chi connectivity index (χ2n) is 10.3. The van der Waals surface area contributed by atoms with Gasteiger partial charge in [0.15, 0.2) is 6.61 Å². The summed E-state index contributed by atoms with van der Waals surface area (Å²) in [5.74, 6) is 0.346. The number of hydrogen-bond acceptors (Lipinski definition) is 3. The summed E-state index contributed by atoms with van der Waals surface area (Å²) in [4.78, 5) is 29.5. The number of amides is 2. The highest BCUT2D eigenvalue weighted by Crippen LogP contribution is 2.26. The van der Waals surface area contributed by atoms with Crippen molar-refractivity contribution in [3.63, 3.8) is 0 Å². The number of fused-ring (bicyclic) bond motifs is 1. The maximum Gasteiger partial charge on any atom is 0.261 e. The molecule has 0 spiro atoms. The van der Waals surface area contributed by atoms with Gasteiger partial charge >= 0.3 is 0 Å². The smallest absolute Gasteiger partial charge is 0.261 e. The molecule has 0 radical (unpaired) electrons. The van der Waals surface area contributed by atoms with Gasteiger partial charge in [-0.25, -0.2) is 0 Å². The number of ether oxygens (including phenoxy) is 1. The van der Waals surface area contributed by atoms with Crippen LogP contribution in [0.5, 0.6) is 5.75 Å². The molecule has 5 rings (SSSR count). The van der Waals surface area contributed by atoms with Crippen LogP contribution in [0.25, 0.3) is 10.8 Å². The largest absolute Gasteiger partial charge is 0.483 e. The Kier molecular flexibility index (Phi) is 8.90. The van der Waals surface area contributed by atoms with Crippen molar-refractivity contribution in [2.24, 2.45) is 0 Å². The van der Waals surface area contributed by atoms with Crippen LogP contribution in [0.3, 0.4) is 0 Å². The first kappa shape index (κ1) is 26.5. The quantitative estimate of drug-likeness (QED) is 0.267. The third kappa shape index (κ3) is 7.05. The van der Waals surface area contributed by atoms with Crippen molar-refractivity contribution in [3.05, 3.63) is 114 Å². The highest BCUT2D eigenvalue weighted by molar-refractivity contribution is 5.90. The van der Waals surface area contributed by atoms with Gasteiger partial charge in [-0.05, 0) is 35.4 Å². The van der Waals surface area contributed by atoms with E-state index in [1.54, 1.807) is 4.90 Å². The summed E-state index contributed by atoms with van der Waals surface area (Å²) in [5.41, 5.74) is 1.99. The average Bonchev–Trinajstić information content (AvgIpc) is 2.99. The minimum atomic E-state index is -0.654. The molecule has 1 N–H and O–H groups in total. The zero-order chi connectivity index (χ0) is 26.9. The number of benzene rings is 4. The van der Waals surface area contributed by atoms with Crippen molar-refractivity contribution < 1.29 is 14.3 Å². The molecule has 39 heavy (non-hydrogen) atoms. The van der Waals surface area contributed by atoms with E-state index in [9.17, 15) is 9.59 Å². The second-order valence-corrected chi connectivity index (χ2v) is 10.3. The fourth-order valence-electron chi connectivity index (χ4n) is 5.42. The molecule has 5 nitrogen and oxygen atoms in total. The Hall–Kier alpha value is -4.12. The molecule has 1 atom stereocenters. The minimum absolute atomic E-state index is 0.0970. The molecular formula is C34H36N2O3. The van der Waals surface area contributed by atoms with E-state index >= 15 is 0 Å². The molecule has 1 aliphatic carbocycles. The van der Waals surface area contributed by atoms with Gasteiger partial charge in [-0.2, -0.15) is 0 Å². The fourth-order valence-corrected chi connectivity index (χ4v) is 5.42. The van der Waals surface area contributed by atoms with Crippen LogP contribution < -0.4 is 10.1 Å². The van der Waals surface area contributed by atoms with Crippen molar-refractivity contribution >= 4 is 22.6 Å². The molecule has 0 bridgehead atoms. The van der Waals surface area contributed by atoms with Gasteiger partial charge in [0.05, 0.1) is 0 Å². The monoisotopic (exact) mass is 520 g/mol. The summed E-state index contributed by atoms with van der Waals surface area (Å²) >= 11 is 0. The van der Waals surface area contributed by atoms with E-state index in [4.69, 9.17) is 4.74 Å². The number of rotatable bonds is 10. The standard InChI is InChI=1S/C34H36N2O3/c37-33(25-39-32-22-12-18-28-17-10-11-21-30(28)32)36(24-27-15-6-2-7-16-27)31(23-26-13-4-1-5-14-26)34(38)35-29-19-8-3-9-20-29/h1-2,4-7,10-18,21-22,29,31H,3,8-9,19-20,23-25H2,(H,35,38)/t31-/m1/s1. The predicted molar refractivity (Wildman–Crippen MR) is 155 cm³/mol. The Morgan fingerprint density at radius 3 is 2.15 bits per heavy atom. The van der Waals surface area contributed by atoms with Gasteiger partial charge in [0, 0.05) is 24.4 Å². The van der Waals surface area contributed by atoms with Gasteiger partial charge in [0.1, 0.15) is 11.8 Å². The molecule has 0 aromatic heterocycles. The molecule has 5 heteroatoms. The molecular weight excluding hydrogens is 484 g/mol. The van der Waals surface area contributed by atoms with Crippen molar-refractivity contribution in [2.45, 2.75) is 57.2 Å². The molecule has 4 aromatic carbocycles. The van der Waals surface area contributed by atoms with E-state index in [2.05, 4.69) is 5.32 Å². The molecule has 0 aliphatic heterocycles. The molecule has 2 amide bonds.